The summed E-state index contributed by atoms with van der Waals surface area (Å²) in [5.41, 5.74) is 0.880. The molecule has 5 nitrogen and oxygen atoms in total. The van der Waals surface area contributed by atoms with Gasteiger partial charge in [0.2, 0.25) is 6.04 Å². The zero-order valence-electron chi connectivity index (χ0n) is 10.2. The maximum absolute atomic E-state index is 11.2. The number of rotatable bonds is 6. The fraction of sp³-hybridized carbons (Fsp3) is 0.750. The topological polar surface area (TPSA) is 69.4 Å². The van der Waals surface area contributed by atoms with Crippen LogP contribution in [0, 0.1) is 10.1 Å². The van der Waals surface area contributed by atoms with E-state index in [2.05, 4.69) is 0 Å². The van der Waals surface area contributed by atoms with E-state index in [0.717, 1.165) is 31.3 Å². The van der Waals surface area contributed by atoms with Crippen molar-refractivity contribution < 1.29 is 14.5 Å². The molecule has 0 bridgehead atoms. The molecule has 0 aromatic heterocycles. The summed E-state index contributed by atoms with van der Waals surface area (Å²) in [5, 5.41) is 11.0. The van der Waals surface area contributed by atoms with Gasteiger partial charge in [-0.1, -0.05) is 6.08 Å². The number of carbonyl (C=O) groups is 1. The van der Waals surface area contributed by atoms with Gasteiger partial charge in [0, 0.05) is 11.3 Å². The first-order valence-corrected chi connectivity index (χ1v) is 6.13. The summed E-state index contributed by atoms with van der Waals surface area (Å²) in [4.78, 5) is 21.9. The van der Waals surface area contributed by atoms with Gasteiger partial charge in [-0.15, -0.1) is 0 Å². The molecule has 0 aliphatic heterocycles. The number of carbonyl (C=O) groups excluding carboxylic acids is 1. The van der Waals surface area contributed by atoms with Crippen LogP contribution in [0.2, 0.25) is 0 Å². The second-order valence-electron chi connectivity index (χ2n) is 4.17. The maximum Gasteiger partial charge on any atom is 0.306 e. The Balaban J connectivity index is 2.51. The highest BCUT2D eigenvalue weighted by molar-refractivity contribution is 5.69. The molecular formula is C12H19NO4. The standard InChI is InChI=1S/C12H19NO4/c1-2-17-12(14)9-8-11(13(15)16)10-6-4-3-5-7-10/h6,11H,2-5,7-9H2,1H3. The van der Waals surface area contributed by atoms with E-state index in [9.17, 15) is 14.9 Å². The average molecular weight is 241 g/mol. The van der Waals surface area contributed by atoms with Gasteiger partial charge in [0.1, 0.15) is 0 Å². The molecule has 0 spiro atoms. The monoisotopic (exact) mass is 241 g/mol. The molecule has 1 atom stereocenters. The summed E-state index contributed by atoms with van der Waals surface area (Å²) in [7, 11) is 0. The van der Waals surface area contributed by atoms with E-state index >= 15 is 0 Å². The molecule has 0 saturated carbocycles. The maximum atomic E-state index is 11.2. The Hall–Kier alpha value is -1.39. The minimum absolute atomic E-state index is 0.122. The summed E-state index contributed by atoms with van der Waals surface area (Å²) in [6.07, 6.45) is 6.14. The van der Waals surface area contributed by atoms with Crippen molar-refractivity contribution in [3.63, 3.8) is 0 Å². The van der Waals surface area contributed by atoms with Crippen molar-refractivity contribution in [1.82, 2.24) is 0 Å². The molecule has 0 N–H and O–H groups in total. The summed E-state index contributed by atoms with van der Waals surface area (Å²) < 4.78 is 4.78. The Labute approximate surface area is 101 Å². The number of allylic oxidation sites excluding steroid dienone is 1. The van der Waals surface area contributed by atoms with E-state index in [1.165, 1.54) is 0 Å². The first kappa shape index (κ1) is 13.7. The largest absolute Gasteiger partial charge is 0.466 e. The van der Waals surface area contributed by atoms with Gasteiger partial charge in [-0.3, -0.25) is 14.9 Å². The van der Waals surface area contributed by atoms with E-state index < -0.39 is 6.04 Å². The van der Waals surface area contributed by atoms with Crippen LogP contribution in [0.25, 0.3) is 0 Å². The highest BCUT2D eigenvalue weighted by Gasteiger charge is 2.26. The second-order valence-corrected chi connectivity index (χ2v) is 4.17. The van der Waals surface area contributed by atoms with E-state index in [4.69, 9.17) is 4.74 Å². The number of hydrogen-bond acceptors (Lipinski definition) is 4. The van der Waals surface area contributed by atoms with Crippen LogP contribution >= 0.6 is 0 Å². The molecule has 1 aliphatic carbocycles. The molecule has 0 saturated heterocycles. The van der Waals surface area contributed by atoms with E-state index in [-0.39, 0.29) is 23.7 Å². The molecule has 17 heavy (non-hydrogen) atoms. The number of esters is 1. The first-order chi connectivity index (χ1) is 8.15. The molecule has 0 aromatic carbocycles. The van der Waals surface area contributed by atoms with E-state index in [1.807, 2.05) is 6.08 Å². The van der Waals surface area contributed by atoms with Gasteiger partial charge >= 0.3 is 5.97 Å². The normalized spacial score (nSPS) is 17.1. The lowest BCUT2D eigenvalue weighted by Crippen LogP contribution is -2.24. The van der Waals surface area contributed by atoms with Crippen LogP contribution in [0.15, 0.2) is 11.6 Å². The zero-order valence-corrected chi connectivity index (χ0v) is 10.2. The highest BCUT2D eigenvalue weighted by atomic mass is 16.6. The second kappa shape index (κ2) is 7.04. The van der Waals surface area contributed by atoms with Crippen LogP contribution in [-0.4, -0.2) is 23.5 Å². The smallest absolute Gasteiger partial charge is 0.306 e. The average Bonchev–Trinajstić information content (AvgIpc) is 2.30. The predicted octanol–water partition coefficient (Wildman–Crippen LogP) is 2.48. The van der Waals surface area contributed by atoms with Gasteiger partial charge in [-0.25, -0.2) is 0 Å². The Kier molecular flexibility index (Phi) is 5.66. The van der Waals surface area contributed by atoms with Crippen molar-refractivity contribution in [3.8, 4) is 0 Å². The minimum Gasteiger partial charge on any atom is -0.466 e. The molecule has 0 amide bonds. The van der Waals surface area contributed by atoms with Crippen LogP contribution in [-0.2, 0) is 9.53 Å². The van der Waals surface area contributed by atoms with Gasteiger partial charge < -0.3 is 4.74 Å². The Morgan fingerprint density at radius 1 is 1.59 bits per heavy atom. The van der Waals surface area contributed by atoms with E-state index in [0.29, 0.717) is 6.61 Å². The van der Waals surface area contributed by atoms with Crippen molar-refractivity contribution in [1.29, 1.82) is 0 Å². The Morgan fingerprint density at radius 3 is 2.88 bits per heavy atom. The molecule has 0 aromatic rings. The van der Waals surface area contributed by atoms with Crippen LogP contribution in [0.5, 0.6) is 0 Å². The number of nitrogens with zero attached hydrogens (tertiary/aromatic N) is 1. The first-order valence-electron chi connectivity index (χ1n) is 6.13. The number of nitro groups is 1. The molecule has 0 radical (unpaired) electrons. The lowest BCUT2D eigenvalue weighted by molar-refractivity contribution is -0.513. The molecule has 1 aliphatic rings. The van der Waals surface area contributed by atoms with E-state index in [1.54, 1.807) is 6.92 Å². The van der Waals surface area contributed by atoms with Crippen molar-refractivity contribution in [3.05, 3.63) is 21.8 Å². The van der Waals surface area contributed by atoms with Gasteiger partial charge in [0.25, 0.3) is 0 Å². The Bertz CT molecular complexity index is 312. The fourth-order valence-electron chi connectivity index (χ4n) is 2.08. The third kappa shape index (κ3) is 4.54. The highest BCUT2D eigenvalue weighted by Crippen LogP contribution is 2.24. The molecule has 96 valence electrons. The molecule has 0 fully saturated rings. The minimum atomic E-state index is -0.709. The zero-order chi connectivity index (χ0) is 12.7. The van der Waals surface area contributed by atoms with Crippen LogP contribution in [0.1, 0.15) is 45.4 Å². The summed E-state index contributed by atoms with van der Waals surface area (Å²) in [6.45, 7) is 2.05. The third-order valence-electron chi connectivity index (χ3n) is 2.94. The third-order valence-corrected chi connectivity index (χ3v) is 2.94. The van der Waals surface area contributed by atoms with Gasteiger partial charge in [0.05, 0.1) is 13.0 Å². The lowest BCUT2D eigenvalue weighted by Gasteiger charge is -2.16. The van der Waals surface area contributed by atoms with Crippen molar-refractivity contribution in [2.45, 2.75) is 51.5 Å². The van der Waals surface area contributed by atoms with Crippen LogP contribution in [0.4, 0.5) is 0 Å². The summed E-state index contributed by atoms with van der Waals surface area (Å²) in [6, 6.07) is -0.709. The van der Waals surface area contributed by atoms with Crippen LogP contribution < -0.4 is 0 Å². The van der Waals surface area contributed by atoms with Gasteiger partial charge in [-0.05, 0) is 38.2 Å². The van der Waals surface area contributed by atoms with Gasteiger partial charge in [0.15, 0.2) is 0 Å². The molecule has 1 unspecified atom stereocenters. The fourth-order valence-corrected chi connectivity index (χ4v) is 2.08. The lowest BCUT2D eigenvalue weighted by atomic mass is 9.92. The Morgan fingerprint density at radius 2 is 2.35 bits per heavy atom. The molecule has 5 heteroatoms. The summed E-state index contributed by atoms with van der Waals surface area (Å²) >= 11 is 0. The SMILES string of the molecule is CCOC(=O)CCC(C1=CCCCC1)[N+](=O)[O-]. The van der Waals surface area contributed by atoms with Crippen molar-refractivity contribution in [2.75, 3.05) is 6.61 Å². The summed E-state index contributed by atoms with van der Waals surface area (Å²) in [5.74, 6) is -0.351. The quantitative estimate of drug-likeness (QED) is 0.310. The van der Waals surface area contributed by atoms with Crippen LogP contribution in [0.3, 0.4) is 0 Å². The molecule has 1 rings (SSSR count). The predicted molar refractivity (Wildman–Crippen MR) is 63.2 cm³/mol. The molecule has 0 heterocycles. The van der Waals surface area contributed by atoms with Crippen molar-refractivity contribution >= 4 is 5.97 Å². The number of hydrogen-bond donors (Lipinski definition) is 0. The molecular weight excluding hydrogens is 222 g/mol. The van der Waals surface area contributed by atoms with Gasteiger partial charge in [-0.2, -0.15) is 0 Å². The number of ether oxygens (including phenoxy) is 1. The van der Waals surface area contributed by atoms with Crippen molar-refractivity contribution in [2.24, 2.45) is 0 Å².